The number of piperidine rings is 1. The molecule has 84 valence electrons. The van der Waals surface area contributed by atoms with Gasteiger partial charge in [-0.15, -0.1) is 0 Å². The average Bonchev–Trinajstić information content (AvgIpc) is 1.96. The van der Waals surface area contributed by atoms with Gasteiger partial charge < -0.3 is 5.73 Å². The molecule has 4 nitrogen and oxygen atoms in total. The molecule has 0 bridgehead atoms. The van der Waals surface area contributed by atoms with Crippen LogP contribution in [0.5, 0.6) is 0 Å². The number of nitrogens with two attached hydrogens (primary N) is 1. The van der Waals surface area contributed by atoms with Crippen LogP contribution < -0.4 is 5.73 Å². The third-order valence-electron chi connectivity index (χ3n) is 3.31. The Bertz CT molecular complexity index is 286. The second kappa shape index (κ2) is 3.30. The molecule has 2 rings (SSSR count). The maximum absolute atomic E-state index is 11.8. The van der Waals surface area contributed by atoms with E-state index in [1.807, 2.05) is 13.8 Å². The fourth-order valence-corrected chi connectivity index (χ4v) is 2.44. The lowest BCUT2D eigenvalue weighted by Crippen LogP contribution is -2.58. The molecule has 2 aliphatic rings. The molecule has 1 aliphatic heterocycles. The summed E-state index contributed by atoms with van der Waals surface area (Å²) in [5, 5.41) is 0. The quantitative estimate of drug-likeness (QED) is 0.646. The molecule has 0 spiro atoms. The van der Waals surface area contributed by atoms with Crippen molar-refractivity contribution in [2.75, 3.05) is 0 Å². The zero-order valence-electron chi connectivity index (χ0n) is 9.32. The van der Waals surface area contributed by atoms with Crippen LogP contribution in [0.4, 0.5) is 0 Å². The monoisotopic (exact) mass is 210 g/mol. The van der Waals surface area contributed by atoms with E-state index >= 15 is 0 Å². The van der Waals surface area contributed by atoms with Gasteiger partial charge in [-0.2, -0.15) is 0 Å². The van der Waals surface area contributed by atoms with Crippen molar-refractivity contribution in [3.05, 3.63) is 0 Å². The number of hydrogen-bond donors (Lipinski definition) is 1. The summed E-state index contributed by atoms with van der Waals surface area (Å²) >= 11 is 0. The molecule has 0 radical (unpaired) electrons. The predicted octanol–water partition coefficient (Wildman–Crippen LogP) is 0.651. The van der Waals surface area contributed by atoms with Gasteiger partial charge in [0, 0.05) is 24.9 Å². The van der Waals surface area contributed by atoms with Gasteiger partial charge in [-0.05, 0) is 18.3 Å². The van der Waals surface area contributed by atoms with E-state index in [-0.39, 0.29) is 29.3 Å². The van der Waals surface area contributed by atoms with Crippen molar-refractivity contribution in [3.63, 3.8) is 0 Å². The largest absolute Gasteiger partial charge is 0.328 e. The Morgan fingerprint density at radius 3 is 2.07 bits per heavy atom. The smallest absolute Gasteiger partial charge is 0.229 e. The summed E-state index contributed by atoms with van der Waals surface area (Å²) in [6, 6.07) is 0.252. The van der Waals surface area contributed by atoms with Crippen LogP contribution in [0.2, 0.25) is 0 Å². The second-order valence-corrected chi connectivity index (χ2v) is 5.56. The highest BCUT2D eigenvalue weighted by Gasteiger charge is 2.44. The third-order valence-corrected chi connectivity index (χ3v) is 3.31. The number of imide groups is 1. The molecular formula is C11H18N2O2. The second-order valence-electron chi connectivity index (χ2n) is 5.56. The van der Waals surface area contributed by atoms with Crippen molar-refractivity contribution in [3.8, 4) is 0 Å². The van der Waals surface area contributed by atoms with E-state index in [4.69, 9.17) is 5.73 Å². The summed E-state index contributed by atoms with van der Waals surface area (Å²) in [5.74, 6) is -0.0405. The predicted molar refractivity (Wildman–Crippen MR) is 55.9 cm³/mol. The highest BCUT2D eigenvalue weighted by molar-refractivity contribution is 5.98. The third kappa shape index (κ3) is 1.91. The topological polar surface area (TPSA) is 63.4 Å². The molecule has 0 atom stereocenters. The minimum absolute atomic E-state index is 0.0202. The Balaban J connectivity index is 2.07. The molecule has 0 aromatic rings. The first-order valence-electron chi connectivity index (χ1n) is 5.49. The van der Waals surface area contributed by atoms with Crippen LogP contribution in [-0.2, 0) is 9.59 Å². The van der Waals surface area contributed by atoms with Gasteiger partial charge in [-0.25, -0.2) is 0 Å². The van der Waals surface area contributed by atoms with Gasteiger partial charge >= 0.3 is 0 Å². The van der Waals surface area contributed by atoms with Crippen molar-refractivity contribution in [2.24, 2.45) is 11.1 Å². The van der Waals surface area contributed by atoms with Gasteiger partial charge in [-0.3, -0.25) is 14.5 Å². The first-order chi connectivity index (χ1) is 6.89. The molecule has 2 fully saturated rings. The van der Waals surface area contributed by atoms with E-state index in [1.165, 1.54) is 4.90 Å². The first-order valence-corrected chi connectivity index (χ1v) is 5.49. The maximum Gasteiger partial charge on any atom is 0.229 e. The minimum Gasteiger partial charge on any atom is -0.328 e. The molecule has 15 heavy (non-hydrogen) atoms. The molecule has 2 amide bonds. The van der Waals surface area contributed by atoms with Crippen LogP contribution in [0.15, 0.2) is 0 Å². The van der Waals surface area contributed by atoms with E-state index in [1.54, 1.807) is 0 Å². The van der Waals surface area contributed by atoms with Gasteiger partial charge in [0.25, 0.3) is 0 Å². The molecule has 0 unspecified atom stereocenters. The Labute approximate surface area is 89.8 Å². The van der Waals surface area contributed by atoms with Gasteiger partial charge in [0.15, 0.2) is 0 Å². The van der Waals surface area contributed by atoms with E-state index in [2.05, 4.69) is 0 Å². The van der Waals surface area contributed by atoms with Crippen molar-refractivity contribution < 1.29 is 9.59 Å². The number of hydrogen-bond acceptors (Lipinski definition) is 3. The van der Waals surface area contributed by atoms with Gasteiger partial charge in [-0.1, -0.05) is 13.8 Å². The van der Waals surface area contributed by atoms with Crippen molar-refractivity contribution in [1.29, 1.82) is 0 Å². The van der Waals surface area contributed by atoms with Crippen molar-refractivity contribution in [1.82, 2.24) is 4.90 Å². The normalized spacial score (nSPS) is 35.3. The lowest BCUT2D eigenvalue weighted by Gasteiger charge is -2.44. The van der Waals surface area contributed by atoms with Gasteiger partial charge in [0.1, 0.15) is 0 Å². The van der Waals surface area contributed by atoms with Crippen LogP contribution in [0.3, 0.4) is 0 Å². The number of carbonyl (C=O) groups is 2. The summed E-state index contributed by atoms with van der Waals surface area (Å²) in [4.78, 5) is 25.1. The van der Waals surface area contributed by atoms with E-state index in [0.717, 1.165) is 12.8 Å². The molecule has 1 heterocycles. The Hall–Kier alpha value is -0.900. The summed E-state index contributed by atoms with van der Waals surface area (Å²) in [5.41, 5.74) is 5.50. The summed E-state index contributed by atoms with van der Waals surface area (Å²) in [6.45, 7) is 3.93. The Morgan fingerprint density at radius 1 is 1.20 bits per heavy atom. The maximum atomic E-state index is 11.8. The van der Waals surface area contributed by atoms with E-state index < -0.39 is 0 Å². The molecule has 1 aliphatic carbocycles. The number of rotatable bonds is 1. The zero-order chi connectivity index (χ0) is 11.2. The van der Waals surface area contributed by atoms with E-state index in [0.29, 0.717) is 12.8 Å². The first kappa shape index (κ1) is 10.6. The average molecular weight is 210 g/mol. The van der Waals surface area contributed by atoms with Gasteiger partial charge in [0.05, 0.1) is 0 Å². The highest BCUT2D eigenvalue weighted by Crippen LogP contribution is 2.35. The fraction of sp³-hybridized carbons (Fsp3) is 0.818. The van der Waals surface area contributed by atoms with Crippen molar-refractivity contribution >= 4 is 11.8 Å². The van der Waals surface area contributed by atoms with Gasteiger partial charge in [0.2, 0.25) is 11.8 Å². The van der Waals surface area contributed by atoms with Crippen LogP contribution in [0.1, 0.15) is 39.5 Å². The highest BCUT2D eigenvalue weighted by atomic mass is 16.2. The number of amides is 2. The van der Waals surface area contributed by atoms with Crippen LogP contribution >= 0.6 is 0 Å². The standard InChI is InChI=1S/C11H18N2O2/c1-11(2)5-9(14)13(10(15)6-11)8-3-7(12)4-8/h7-8H,3-6,12H2,1-2H3. The molecule has 2 N–H and O–H groups in total. The molecule has 0 aromatic carbocycles. The van der Waals surface area contributed by atoms with E-state index in [9.17, 15) is 9.59 Å². The summed E-state index contributed by atoms with van der Waals surface area (Å²) in [7, 11) is 0. The molecule has 1 saturated carbocycles. The minimum atomic E-state index is -0.170. The van der Waals surface area contributed by atoms with Crippen LogP contribution in [-0.4, -0.2) is 28.8 Å². The number of likely N-dealkylation sites (tertiary alicyclic amines) is 1. The van der Waals surface area contributed by atoms with Crippen molar-refractivity contribution in [2.45, 2.75) is 51.6 Å². The zero-order valence-corrected chi connectivity index (χ0v) is 9.32. The number of nitrogens with zero attached hydrogens (tertiary/aromatic N) is 1. The van der Waals surface area contributed by atoms with Crippen LogP contribution in [0, 0.1) is 5.41 Å². The summed E-state index contributed by atoms with van der Waals surface area (Å²) in [6.07, 6.45) is 2.50. The lowest BCUT2D eigenvalue weighted by atomic mass is 9.78. The lowest BCUT2D eigenvalue weighted by molar-refractivity contribution is -0.157. The molecule has 1 saturated heterocycles. The molecule has 0 aromatic heterocycles. The molecular weight excluding hydrogens is 192 g/mol. The number of carbonyl (C=O) groups excluding carboxylic acids is 2. The fourth-order valence-electron chi connectivity index (χ4n) is 2.44. The molecule has 4 heteroatoms. The Morgan fingerprint density at radius 2 is 1.67 bits per heavy atom. The Kier molecular flexibility index (Phi) is 2.34. The van der Waals surface area contributed by atoms with Crippen LogP contribution in [0.25, 0.3) is 0 Å². The SMILES string of the molecule is CC1(C)CC(=O)N(C2CC(N)C2)C(=O)C1. The summed E-state index contributed by atoms with van der Waals surface area (Å²) < 4.78 is 0.